The van der Waals surface area contributed by atoms with E-state index in [1.807, 2.05) is 18.2 Å². The number of hydrogen-bond donors (Lipinski definition) is 3. The van der Waals surface area contributed by atoms with Gasteiger partial charge in [0, 0.05) is 30.2 Å². The number of hydrogen-bond acceptors (Lipinski definition) is 5. The zero-order valence-electron chi connectivity index (χ0n) is 12.9. The lowest BCUT2D eigenvalue weighted by Gasteiger charge is -2.12. The number of aliphatic hydroxyl groups is 1. The first-order chi connectivity index (χ1) is 10.9. The van der Waals surface area contributed by atoms with Gasteiger partial charge in [0.25, 0.3) is 0 Å². The van der Waals surface area contributed by atoms with Gasteiger partial charge in [-0.2, -0.15) is 0 Å². The average Bonchev–Trinajstić information content (AvgIpc) is 2.52. The van der Waals surface area contributed by atoms with E-state index in [9.17, 15) is 13.5 Å². The van der Waals surface area contributed by atoms with Crippen LogP contribution in [0, 0.1) is 0 Å². The summed E-state index contributed by atoms with van der Waals surface area (Å²) in [6.07, 6.45) is 4.66. The van der Waals surface area contributed by atoms with Gasteiger partial charge in [-0.25, -0.2) is 8.42 Å². The Morgan fingerprint density at radius 1 is 1.22 bits per heavy atom. The van der Waals surface area contributed by atoms with Gasteiger partial charge in [0.15, 0.2) is 0 Å². The SMILES string of the molecule is CS(=O)(=O)Nc1ccc(CCNC[C@H](O)c2cccnc2)cc1. The standard InChI is InChI=1S/C16H21N3O3S/c1-23(21,22)19-15-6-4-13(5-7-15)8-10-18-12-16(20)14-3-2-9-17-11-14/h2-7,9,11,16,18-20H,8,10,12H2,1H3/t16-/m0/s1. The minimum Gasteiger partial charge on any atom is -0.387 e. The normalized spacial score (nSPS) is 12.8. The molecule has 0 aliphatic heterocycles. The van der Waals surface area contributed by atoms with Gasteiger partial charge in [0.2, 0.25) is 10.0 Å². The molecule has 23 heavy (non-hydrogen) atoms. The van der Waals surface area contributed by atoms with E-state index in [1.165, 1.54) is 0 Å². The number of aliphatic hydroxyl groups excluding tert-OH is 1. The first-order valence-electron chi connectivity index (χ1n) is 7.29. The average molecular weight is 335 g/mol. The molecule has 1 atom stereocenters. The third-order valence-corrected chi connectivity index (χ3v) is 3.86. The van der Waals surface area contributed by atoms with E-state index in [1.54, 1.807) is 30.6 Å². The van der Waals surface area contributed by atoms with Crippen LogP contribution in [0.5, 0.6) is 0 Å². The number of rotatable bonds is 8. The van der Waals surface area contributed by atoms with E-state index in [2.05, 4.69) is 15.0 Å². The monoisotopic (exact) mass is 335 g/mol. The van der Waals surface area contributed by atoms with Crippen LogP contribution >= 0.6 is 0 Å². The highest BCUT2D eigenvalue weighted by molar-refractivity contribution is 7.92. The summed E-state index contributed by atoms with van der Waals surface area (Å²) in [5.41, 5.74) is 2.43. The molecule has 0 fully saturated rings. The molecule has 2 rings (SSSR count). The number of benzene rings is 1. The van der Waals surface area contributed by atoms with Crippen LogP contribution in [0.1, 0.15) is 17.2 Å². The molecule has 0 bridgehead atoms. The molecule has 0 saturated heterocycles. The molecule has 0 saturated carbocycles. The van der Waals surface area contributed by atoms with Crippen molar-refractivity contribution in [3.8, 4) is 0 Å². The summed E-state index contributed by atoms with van der Waals surface area (Å²) in [7, 11) is -3.24. The molecule has 1 heterocycles. The summed E-state index contributed by atoms with van der Waals surface area (Å²) in [6, 6.07) is 10.9. The minimum atomic E-state index is -3.24. The van der Waals surface area contributed by atoms with E-state index in [0.717, 1.165) is 30.3 Å². The van der Waals surface area contributed by atoms with Gasteiger partial charge in [-0.1, -0.05) is 18.2 Å². The summed E-state index contributed by atoms with van der Waals surface area (Å²) in [4.78, 5) is 3.98. The van der Waals surface area contributed by atoms with E-state index >= 15 is 0 Å². The Labute approximate surface area is 136 Å². The lowest BCUT2D eigenvalue weighted by Crippen LogP contribution is -2.23. The quantitative estimate of drug-likeness (QED) is 0.633. The van der Waals surface area contributed by atoms with Crippen molar-refractivity contribution in [1.82, 2.24) is 10.3 Å². The van der Waals surface area contributed by atoms with Crippen LogP contribution < -0.4 is 10.0 Å². The Hall–Kier alpha value is -1.96. The van der Waals surface area contributed by atoms with Gasteiger partial charge in [-0.3, -0.25) is 9.71 Å². The third-order valence-electron chi connectivity index (χ3n) is 3.25. The lowest BCUT2D eigenvalue weighted by atomic mass is 10.1. The Morgan fingerprint density at radius 2 is 1.96 bits per heavy atom. The van der Waals surface area contributed by atoms with Crippen LogP contribution in [0.25, 0.3) is 0 Å². The van der Waals surface area contributed by atoms with Crippen molar-refractivity contribution in [1.29, 1.82) is 0 Å². The highest BCUT2D eigenvalue weighted by atomic mass is 32.2. The third kappa shape index (κ3) is 6.35. The fourth-order valence-corrected chi connectivity index (χ4v) is 2.68. The summed E-state index contributed by atoms with van der Waals surface area (Å²) in [5.74, 6) is 0. The van der Waals surface area contributed by atoms with Crippen molar-refractivity contribution in [2.24, 2.45) is 0 Å². The van der Waals surface area contributed by atoms with Gasteiger partial charge in [-0.15, -0.1) is 0 Å². The maximum atomic E-state index is 11.1. The fraction of sp³-hybridized carbons (Fsp3) is 0.312. The molecule has 6 nitrogen and oxygen atoms in total. The van der Waals surface area contributed by atoms with Crippen molar-refractivity contribution in [2.45, 2.75) is 12.5 Å². The molecular formula is C16H21N3O3S. The zero-order valence-corrected chi connectivity index (χ0v) is 13.8. The van der Waals surface area contributed by atoms with Gasteiger partial charge in [-0.05, 0) is 36.7 Å². The van der Waals surface area contributed by atoms with E-state index in [4.69, 9.17) is 0 Å². The van der Waals surface area contributed by atoms with Gasteiger partial charge in [0.1, 0.15) is 0 Å². The second-order valence-electron chi connectivity index (χ2n) is 5.33. The van der Waals surface area contributed by atoms with Crippen molar-refractivity contribution >= 4 is 15.7 Å². The number of pyridine rings is 1. The second kappa shape index (κ2) is 8.05. The molecular weight excluding hydrogens is 314 g/mol. The predicted molar refractivity (Wildman–Crippen MR) is 90.7 cm³/mol. The summed E-state index contributed by atoms with van der Waals surface area (Å²) in [5, 5.41) is 13.2. The topological polar surface area (TPSA) is 91.3 Å². The van der Waals surface area contributed by atoms with Crippen LogP contribution in [-0.2, 0) is 16.4 Å². The summed E-state index contributed by atoms with van der Waals surface area (Å²) in [6.45, 7) is 1.18. The Bertz CT molecular complexity index is 703. The van der Waals surface area contributed by atoms with Crippen molar-refractivity contribution < 1.29 is 13.5 Å². The smallest absolute Gasteiger partial charge is 0.229 e. The van der Waals surface area contributed by atoms with E-state index in [-0.39, 0.29) is 0 Å². The Kier molecular flexibility index (Phi) is 6.09. The zero-order chi connectivity index (χ0) is 16.7. The largest absolute Gasteiger partial charge is 0.387 e. The van der Waals surface area contributed by atoms with Crippen molar-refractivity contribution in [2.75, 3.05) is 24.1 Å². The Morgan fingerprint density at radius 3 is 2.57 bits per heavy atom. The van der Waals surface area contributed by atoms with E-state index in [0.29, 0.717) is 12.2 Å². The summed E-state index contributed by atoms with van der Waals surface area (Å²) < 4.78 is 24.7. The van der Waals surface area contributed by atoms with E-state index < -0.39 is 16.1 Å². The first kappa shape index (κ1) is 17.4. The first-order valence-corrected chi connectivity index (χ1v) is 9.18. The maximum Gasteiger partial charge on any atom is 0.229 e. The summed E-state index contributed by atoms with van der Waals surface area (Å²) >= 11 is 0. The molecule has 124 valence electrons. The molecule has 0 spiro atoms. The molecule has 2 aromatic rings. The van der Waals surface area contributed by atoms with Crippen LogP contribution in [0.4, 0.5) is 5.69 Å². The second-order valence-corrected chi connectivity index (χ2v) is 7.08. The van der Waals surface area contributed by atoms with Gasteiger partial charge >= 0.3 is 0 Å². The van der Waals surface area contributed by atoms with Crippen LogP contribution in [0.3, 0.4) is 0 Å². The molecule has 1 aromatic heterocycles. The highest BCUT2D eigenvalue weighted by Crippen LogP contribution is 2.12. The number of sulfonamides is 1. The predicted octanol–water partition coefficient (Wildman–Crippen LogP) is 1.32. The molecule has 0 aliphatic carbocycles. The van der Waals surface area contributed by atoms with Crippen molar-refractivity contribution in [3.63, 3.8) is 0 Å². The molecule has 0 amide bonds. The van der Waals surface area contributed by atoms with Crippen LogP contribution in [0.15, 0.2) is 48.8 Å². The number of aromatic nitrogens is 1. The van der Waals surface area contributed by atoms with Crippen LogP contribution in [0.2, 0.25) is 0 Å². The molecule has 0 radical (unpaired) electrons. The number of nitrogens with one attached hydrogen (secondary N) is 2. The molecule has 3 N–H and O–H groups in total. The molecule has 0 aliphatic rings. The highest BCUT2D eigenvalue weighted by Gasteiger charge is 2.06. The maximum absolute atomic E-state index is 11.1. The van der Waals surface area contributed by atoms with Gasteiger partial charge in [0.05, 0.1) is 12.4 Å². The Balaban J connectivity index is 1.74. The number of anilines is 1. The fourth-order valence-electron chi connectivity index (χ4n) is 2.12. The van der Waals surface area contributed by atoms with Gasteiger partial charge < -0.3 is 10.4 Å². The lowest BCUT2D eigenvalue weighted by molar-refractivity contribution is 0.174. The van der Waals surface area contributed by atoms with Crippen molar-refractivity contribution in [3.05, 3.63) is 59.9 Å². The van der Waals surface area contributed by atoms with Crippen LogP contribution in [-0.4, -0.2) is 37.9 Å². The number of nitrogens with zero attached hydrogens (tertiary/aromatic N) is 1. The minimum absolute atomic E-state index is 0.458. The molecule has 1 aromatic carbocycles. The molecule has 7 heteroatoms. The molecule has 0 unspecified atom stereocenters.